The molecule has 2 aromatic heterocycles. The van der Waals surface area contributed by atoms with Crippen LogP contribution < -0.4 is 11.1 Å². The van der Waals surface area contributed by atoms with Crippen LogP contribution in [0.1, 0.15) is 0 Å². The van der Waals surface area contributed by atoms with Gasteiger partial charge in [-0.05, 0) is 0 Å². The number of hydrogen-bond acceptors (Lipinski definition) is 6. The number of hydrogen-bond donors (Lipinski definition) is 2. The highest BCUT2D eigenvalue weighted by molar-refractivity contribution is 6.42. The van der Waals surface area contributed by atoms with E-state index in [1.807, 2.05) is 0 Å². The standard InChI is InChI=1S/C8H7Cl2N7O/c9-5-6(10)12-2-13-7(5)15-4(18)1-17-3-14-8(11)16-17/h2-3H,1H2,(H2,11,16)(H,12,13,15,18). The van der Waals surface area contributed by atoms with Crippen molar-refractivity contribution in [3.8, 4) is 0 Å². The van der Waals surface area contributed by atoms with Crippen LogP contribution in [0.2, 0.25) is 10.2 Å². The van der Waals surface area contributed by atoms with Crippen LogP contribution >= 0.6 is 23.2 Å². The van der Waals surface area contributed by atoms with Gasteiger partial charge >= 0.3 is 0 Å². The van der Waals surface area contributed by atoms with Crippen molar-refractivity contribution in [3.05, 3.63) is 22.8 Å². The molecule has 0 saturated heterocycles. The third-order valence-electron chi connectivity index (χ3n) is 1.86. The molecule has 0 spiro atoms. The van der Waals surface area contributed by atoms with Gasteiger partial charge in [-0.25, -0.2) is 19.6 Å². The van der Waals surface area contributed by atoms with E-state index in [-0.39, 0.29) is 28.5 Å². The Morgan fingerprint density at radius 1 is 1.39 bits per heavy atom. The first-order chi connectivity index (χ1) is 8.56. The maximum Gasteiger partial charge on any atom is 0.247 e. The molecule has 0 aliphatic heterocycles. The van der Waals surface area contributed by atoms with Gasteiger partial charge in [-0.15, -0.1) is 5.10 Å². The Morgan fingerprint density at radius 2 is 2.17 bits per heavy atom. The van der Waals surface area contributed by atoms with Crippen LogP contribution in [0.15, 0.2) is 12.7 Å². The van der Waals surface area contributed by atoms with E-state index in [1.165, 1.54) is 17.3 Å². The second-order valence-electron chi connectivity index (χ2n) is 3.18. The summed E-state index contributed by atoms with van der Waals surface area (Å²) in [6, 6.07) is 0. The van der Waals surface area contributed by atoms with Gasteiger partial charge in [-0.3, -0.25) is 4.79 Å². The maximum absolute atomic E-state index is 11.7. The molecule has 0 saturated carbocycles. The van der Waals surface area contributed by atoms with Crippen LogP contribution in [-0.2, 0) is 11.3 Å². The number of nitrogen functional groups attached to an aromatic ring is 1. The van der Waals surface area contributed by atoms with E-state index in [2.05, 4.69) is 25.4 Å². The van der Waals surface area contributed by atoms with Crippen molar-refractivity contribution >= 4 is 40.9 Å². The number of carbonyl (C=O) groups excluding carboxylic acids is 1. The number of nitrogens with two attached hydrogens (primary N) is 1. The number of amides is 1. The van der Waals surface area contributed by atoms with Crippen LogP contribution in [0.5, 0.6) is 0 Å². The summed E-state index contributed by atoms with van der Waals surface area (Å²) < 4.78 is 1.28. The zero-order chi connectivity index (χ0) is 13.1. The fourth-order valence-corrected chi connectivity index (χ4v) is 1.42. The van der Waals surface area contributed by atoms with Gasteiger partial charge in [-0.1, -0.05) is 23.2 Å². The number of carbonyl (C=O) groups is 1. The van der Waals surface area contributed by atoms with E-state index < -0.39 is 5.91 Å². The maximum atomic E-state index is 11.7. The predicted octanol–water partition coefficient (Wildman–Crippen LogP) is 0.596. The van der Waals surface area contributed by atoms with Gasteiger partial charge in [0, 0.05) is 0 Å². The molecule has 2 aromatic rings. The van der Waals surface area contributed by atoms with Crippen molar-refractivity contribution in [2.24, 2.45) is 0 Å². The van der Waals surface area contributed by atoms with Crippen LogP contribution in [-0.4, -0.2) is 30.6 Å². The van der Waals surface area contributed by atoms with Crippen LogP contribution in [0.25, 0.3) is 0 Å². The predicted molar refractivity (Wildman–Crippen MR) is 65.1 cm³/mol. The quantitative estimate of drug-likeness (QED) is 0.800. The van der Waals surface area contributed by atoms with Gasteiger partial charge in [-0.2, -0.15) is 0 Å². The fourth-order valence-electron chi connectivity index (χ4n) is 1.14. The largest absolute Gasteiger partial charge is 0.367 e. The normalized spacial score (nSPS) is 10.3. The highest BCUT2D eigenvalue weighted by atomic mass is 35.5. The minimum Gasteiger partial charge on any atom is -0.367 e. The van der Waals surface area contributed by atoms with Crippen molar-refractivity contribution in [1.29, 1.82) is 0 Å². The molecule has 0 radical (unpaired) electrons. The summed E-state index contributed by atoms with van der Waals surface area (Å²) >= 11 is 11.5. The average molecular weight is 288 g/mol. The minimum atomic E-state index is -0.392. The first-order valence-electron chi connectivity index (χ1n) is 4.67. The lowest BCUT2D eigenvalue weighted by atomic mass is 10.5. The van der Waals surface area contributed by atoms with Crippen molar-refractivity contribution in [2.45, 2.75) is 6.54 Å². The lowest BCUT2D eigenvalue weighted by Crippen LogP contribution is -2.20. The number of anilines is 2. The Hall–Kier alpha value is -1.93. The molecular formula is C8H7Cl2N7O. The molecule has 0 aromatic carbocycles. The van der Waals surface area contributed by atoms with Crippen molar-refractivity contribution in [1.82, 2.24) is 24.7 Å². The topological polar surface area (TPSA) is 112 Å². The van der Waals surface area contributed by atoms with E-state index in [0.717, 1.165) is 0 Å². The van der Waals surface area contributed by atoms with Crippen molar-refractivity contribution < 1.29 is 4.79 Å². The Kier molecular flexibility index (Phi) is 3.58. The molecule has 94 valence electrons. The SMILES string of the molecule is Nc1ncn(CC(=O)Nc2ncnc(Cl)c2Cl)n1. The first-order valence-corrected chi connectivity index (χ1v) is 5.42. The third kappa shape index (κ3) is 2.84. The highest BCUT2D eigenvalue weighted by Gasteiger charge is 2.11. The van der Waals surface area contributed by atoms with E-state index in [9.17, 15) is 4.79 Å². The lowest BCUT2D eigenvalue weighted by Gasteiger charge is -2.06. The molecule has 0 atom stereocenters. The fraction of sp³-hybridized carbons (Fsp3) is 0.125. The molecular weight excluding hydrogens is 281 g/mol. The van der Waals surface area contributed by atoms with Crippen molar-refractivity contribution in [3.63, 3.8) is 0 Å². The zero-order valence-corrected chi connectivity index (χ0v) is 10.4. The summed E-state index contributed by atoms with van der Waals surface area (Å²) in [6.07, 6.45) is 2.53. The molecule has 18 heavy (non-hydrogen) atoms. The molecule has 8 nitrogen and oxygen atoms in total. The van der Waals surface area contributed by atoms with E-state index >= 15 is 0 Å². The smallest absolute Gasteiger partial charge is 0.247 e. The van der Waals surface area contributed by atoms with Crippen LogP contribution in [0.4, 0.5) is 11.8 Å². The third-order valence-corrected chi connectivity index (χ3v) is 2.61. The van der Waals surface area contributed by atoms with Crippen LogP contribution in [0, 0.1) is 0 Å². The van der Waals surface area contributed by atoms with E-state index in [4.69, 9.17) is 28.9 Å². The Labute approximate surface area is 111 Å². The molecule has 1 amide bonds. The monoisotopic (exact) mass is 287 g/mol. The number of rotatable bonds is 3. The van der Waals surface area contributed by atoms with Crippen molar-refractivity contribution in [2.75, 3.05) is 11.1 Å². The second kappa shape index (κ2) is 5.15. The van der Waals surface area contributed by atoms with E-state index in [0.29, 0.717) is 0 Å². The summed E-state index contributed by atoms with van der Waals surface area (Å²) in [5.41, 5.74) is 5.32. The van der Waals surface area contributed by atoms with Gasteiger partial charge in [0.05, 0.1) is 0 Å². The first kappa shape index (κ1) is 12.5. The molecule has 3 N–H and O–H groups in total. The summed E-state index contributed by atoms with van der Waals surface area (Å²) in [6.45, 7) is -0.0673. The van der Waals surface area contributed by atoms with E-state index in [1.54, 1.807) is 0 Å². The Balaban J connectivity index is 2.05. The summed E-state index contributed by atoms with van der Waals surface area (Å²) in [5.74, 6) is -0.169. The summed E-state index contributed by atoms with van der Waals surface area (Å²) in [4.78, 5) is 22.8. The molecule has 0 aliphatic carbocycles. The highest BCUT2D eigenvalue weighted by Crippen LogP contribution is 2.25. The van der Waals surface area contributed by atoms with Gasteiger partial charge in [0.2, 0.25) is 11.9 Å². The molecule has 10 heteroatoms. The number of halogens is 2. The molecule has 0 unspecified atom stereocenters. The summed E-state index contributed by atoms with van der Waals surface area (Å²) in [7, 11) is 0. The van der Waals surface area contributed by atoms with Gasteiger partial charge in [0.1, 0.15) is 24.2 Å². The van der Waals surface area contributed by atoms with Gasteiger partial charge in [0.15, 0.2) is 11.0 Å². The molecule has 0 aliphatic rings. The van der Waals surface area contributed by atoms with Gasteiger partial charge < -0.3 is 11.1 Å². The Morgan fingerprint density at radius 3 is 2.83 bits per heavy atom. The Bertz CT molecular complexity index is 585. The molecule has 0 fully saturated rings. The summed E-state index contributed by atoms with van der Waals surface area (Å²) in [5, 5.41) is 6.37. The number of nitrogens with one attached hydrogen (secondary N) is 1. The minimum absolute atomic E-state index is 0.0620. The number of aromatic nitrogens is 5. The molecule has 2 rings (SSSR count). The average Bonchev–Trinajstić information content (AvgIpc) is 2.70. The second-order valence-corrected chi connectivity index (χ2v) is 3.91. The lowest BCUT2D eigenvalue weighted by molar-refractivity contribution is -0.116. The van der Waals surface area contributed by atoms with Crippen LogP contribution in [0.3, 0.4) is 0 Å². The zero-order valence-electron chi connectivity index (χ0n) is 8.84. The number of nitrogens with zero attached hydrogens (tertiary/aromatic N) is 5. The molecule has 0 bridgehead atoms. The molecule has 2 heterocycles. The van der Waals surface area contributed by atoms with Gasteiger partial charge in [0.25, 0.3) is 0 Å².